The molecule has 2 aromatic rings. The number of aromatic nitrogens is 2. The monoisotopic (exact) mass is 412 g/mol. The number of nitrogens with one attached hydrogen (secondary N) is 1. The molecule has 2 rings (SSSR count). The first kappa shape index (κ1) is 23.2. The maximum Gasteiger partial charge on any atom is 0.420 e. The lowest BCUT2D eigenvalue weighted by Crippen LogP contribution is -2.21. The predicted molar refractivity (Wildman–Crippen MR) is 109 cm³/mol. The number of benzene rings is 1. The molecule has 162 valence electrons. The molecule has 29 heavy (non-hydrogen) atoms. The molecule has 0 spiro atoms. The quantitative estimate of drug-likeness (QED) is 0.598. The molecule has 1 heterocycles. The first-order valence-electron chi connectivity index (χ1n) is 9.90. The number of H-pyrrole nitrogens is 1. The molecule has 0 aliphatic heterocycles. The van der Waals surface area contributed by atoms with Crippen LogP contribution in [-0.4, -0.2) is 41.8 Å². The van der Waals surface area contributed by atoms with Gasteiger partial charge in [0.1, 0.15) is 11.3 Å². The van der Waals surface area contributed by atoms with Gasteiger partial charge in [-0.15, -0.1) is 0 Å². The third-order valence-corrected chi connectivity index (χ3v) is 4.82. The Morgan fingerprint density at radius 3 is 2.62 bits per heavy atom. The van der Waals surface area contributed by atoms with Crippen molar-refractivity contribution in [1.82, 2.24) is 15.1 Å². The molecule has 1 aromatic heterocycles. The molecule has 0 saturated heterocycles. The molecule has 0 aliphatic carbocycles. The highest BCUT2D eigenvalue weighted by molar-refractivity contribution is 5.70. The fourth-order valence-corrected chi connectivity index (χ4v) is 3.22. The van der Waals surface area contributed by atoms with Crippen LogP contribution in [0, 0.1) is 12.8 Å². The molecule has 5 nitrogen and oxygen atoms in total. The zero-order chi connectivity index (χ0) is 21.6. The molecule has 0 saturated carbocycles. The minimum atomic E-state index is -4.51. The molecule has 0 amide bonds. The van der Waals surface area contributed by atoms with E-state index < -0.39 is 11.7 Å². The van der Waals surface area contributed by atoms with Gasteiger partial charge in [0.05, 0.1) is 12.3 Å². The highest BCUT2D eigenvalue weighted by atomic mass is 19.4. The number of aromatic amines is 1. The second kappa shape index (κ2) is 10.1. The Bertz CT molecular complexity index is 787. The van der Waals surface area contributed by atoms with Crippen molar-refractivity contribution in [1.29, 1.82) is 0 Å². The van der Waals surface area contributed by atoms with Crippen molar-refractivity contribution in [2.45, 2.75) is 46.3 Å². The molecule has 3 N–H and O–H groups in total. The smallest absolute Gasteiger partial charge is 0.420 e. The predicted octanol–water partition coefficient (Wildman–Crippen LogP) is 4.61. The first-order chi connectivity index (χ1) is 13.6. The van der Waals surface area contributed by atoms with E-state index >= 15 is 0 Å². The number of halogens is 3. The molecule has 0 unspecified atom stereocenters. The van der Waals surface area contributed by atoms with Crippen molar-refractivity contribution in [3.05, 3.63) is 35.0 Å². The van der Waals surface area contributed by atoms with Crippen LogP contribution in [0.25, 0.3) is 11.3 Å². The molecule has 0 fully saturated rings. The van der Waals surface area contributed by atoms with Gasteiger partial charge >= 0.3 is 6.18 Å². The van der Waals surface area contributed by atoms with Crippen LogP contribution in [-0.2, 0) is 12.7 Å². The zero-order valence-electron chi connectivity index (χ0n) is 17.6. The van der Waals surface area contributed by atoms with E-state index in [0.29, 0.717) is 36.7 Å². The minimum absolute atomic E-state index is 0.123. The summed E-state index contributed by atoms with van der Waals surface area (Å²) in [5, 5.41) is 7.03. The van der Waals surface area contributed by atoms with E-state index in [1.807, 2.05) is 20.9 Å². The lowest BCUT2D eigenvalue weighted by atomic mass is 9.96. The summed E-state index contributed by atoms with van der Waals surface area (Å²) in [6.07, 6.45) is -1.24. The second-order valence-electron chi connectivity index (χ2n) is 7.78. The van der Waals surface area contributed by atoms with Gasteiger partial charge in [0, 0.05) is 23.9 Å². The number of nitrogens with two attached hydrogens (primary N) is 1. The third kappa shape index (κ3) is 6.21. The van der Waals surface area contributed by atoms with E-state index in [1.54, 1.807) is 12.3 Å². The van der Waals surface area contributed by atoms with Crippen LogP contribution >= 0.6 is 0 Å². The SMILES string of the molecule is Cc1c(-c2n[nH]cc2CN(C)CCCN)ccc(OCCC(C)C)c1C(F)(F)F. The van der Waals surface area contributed by atoms with Gasteiger partial charge in [-0.1, -0.05) is 13.8 Å². The van der Waals surface area contributed by atoms with Crippen molar-refractivity contribution in [3.8, 4) is 17.0 Å². The van der Waals surface area contributed by atoms with Crippen molar-refractivity contribution >= 4 is 0 Å². The van der Waals surface area contributed by atoms with Gasteiger partial charge < -0.3 is 15.4 Å². The summed E-state index contributed by atoms with van der Waals surface area (Å²) < 4.78 is 47.0. The summed E-state index contributed by atoms with van der Waals surface area (Å²) in [4.78, 5) is 2.07. The summed E-state index contributed by atoms with van der Waals surface area (Å²) >= 11 is 0. The average Bonchev–Trinajstić information content (AvgIpc) is 3.06. The fourth-order valence-electron chi connectivity index (χ4n) is 3.22. The number of rotatable bonds is 10. The highest BCUT2D eigenvalue weighted by Crippen LogP contribution is 2.42. The van der Waals surface area contributed by atoms with Gasteiger partial charge in [0.15, 0.2) is 0 Å². The van der Waals surface area contributed by atoms with Crippen LogP contribution in [0.2, 0.25) is 0 Å². The Balaban J connectivity index is 2.37. The van der Waals surface area contributed by atoms with Crippen LogP contribution in [0.3, 0.4) is 0 Å². The number of alkyl halides is 3. The summed E-state index contributed by atoms with van der Waals surface area (Å²) in [6, 6.07) is 3.07. The van der Waals surface area contributed by atoms with Crippen LogP contribution in [0.1, 0.15) is 43.4 Å². The van der Waals surface area contributed by atoms with Crippen LogP contribution < -0.4 is 10.5 Å². The Hall–Kier alpha value is -2.06. The molecule has 0 bridgehead atoms. The topological polar surface area (TPSA) is 67.2 Å². The van der Waals surface area contributed by atoms with Gasteiger partial charge in [-0.05, 0) is 63.5 Å². The van der Waals surface area contributed by atoms with Gasteiger partial charge in [0.25, 0.3) is 0 Å². The van der Waals surface area contributed by atoms with E-state index in [1.165, 1.54) is 13.0 Å². The first-order valence-corrected chi connectivity index (χ1v) is 9.90. The summed E-state index contributed by atoms with van der Waals surface area (Å²) in [5.74, 6) is 0.226. The zero-order valence-corrected chi connectivity index (χ0v) is 17.6. The van der Waals surface area contributed by atoms with Gasteiger partial charge in [-0.3, -0.25) is 5.10 Å². The van der Waals surface area contributed by atoms with E-state index in [0.717, 1.165) is 18.5 Å². The lowest BCUT2D eigenvalue weighted by molar-refractivity contribution is -0.139. The molecule has 0 radical (unpaired) electrons. The van der Waals surface area contributed by atoms with Crippen LogP contribution in [0.5, 0.6) is 5.75 Å². The fraction of sp³-hybridized carbons (Fsp3) is 0.571. The van der Waals surface area contributed by atoms with Crippen molar-refractivity contribution in [3.63, 3.8) is 0 Å². The largest absolute Gasteiger partial charge is 0.493 e. The molecular formula is C21H31F3N4O. The number of nitrogens with zero attached hydrogens (tertiary/aromatic N) is 2. The van der Waals surface area contributed by atoms with Gasteiger partial charge in [0.2, 0.25) is 0 Å². The van der Waals surface area contributed by atoms with Gasteiger partial charge in [-0.25, -0.2) is 0 Å². The van der Waals surface area contributed by atoms with E-state index in [9.17, 15) is 13.2 Å². The standard InChI is InChI=1S/C21H31F3N4O/c1-14(2)8-11-29-18-7-6-17(15(3)19(18)21(22,23)24)20-16(12-26-27-20)13-28(4)10-5-9-25/h6-7,12,14H,5,8-11,13,25H2,1-4H3,(H,26,27). The molecule has 0 atom stereocenters. The van der Waals surface area contributed by atoms with Crippen molar-refractivity contribution in [2.75, 3.05) is 26.7 Å². The van der Waals surface area contributed by atoms with Crippen LogP contribution in [0.15, 0.2) is 18.3 Å². The normalized spacial score (nSPS) is 12.2. The maximum atomic E-state index is 13.8. The molecule has 1 aromatic carbocycles. The summed E-state index contributed by atoms with van der Waals surface area (Å²) in [6.45, 7) is 7.70. The Morgan fingerprint density at radius 2 is 2.00 bits per heavy atom. The highest BCUT2D eigenvalue weighted by Gasteiger charge is 2.37. The summed E-state index contributed by atoms with van der Waals surface area (Å²) in [7, 11) is 1.95. The van der Waals surface area contributed by atoms with E-state index in [4.69, 9.17) is 10.5 Å². The number of ether oxygens (including phenoxy) is 1. The minimum Gasteiger partial charge on any atom is -0.493 e. The third-order valence-electron chi connectivity index (χ3n) is 4.82. The van der Waals surface area contributed by atoms with Crippen LogP contribution in [0.4, 0.5) is 13.2 Å². The Kier molecular flexibility index (Phi) is 8.10. The maximum absolute atomic E-state index is 13.8. The van der Waals surface area contributed by atoms with Crippen molar-refractivity contribution in [2.24, 2.45) is 11.7 Å². The Morgan fingerprint density at radius 1 is 1.28 bits per heavy atom. The summed E-state index contributed by atoms with van der Waals surface area (Å²) in [5.41, 5.74) is 6.77. The lowest BCUT2D eigenvalue weighted by Gasteiger charge is -2.20. The van der Waals surface area contributed by atoms with E-state index in [-0.39, 0.29) is 17.9 Å². The number of hydrogen-bond acceptors (Lipinski definition) is 4. The Labute approximate surface area is 170 Å². The van der Waals surface area contributed by atoms with E-state index in [2.05, 4.69) is 15.1 Å². The molecule has 8 heteroatoms. The molecular weight excluding hydrogens is 381 g/mol. The number of hydrogen-bond donors (Lipinski definition) is 2. The molecule has 0 aliphatic rings. The van der Waals surface area contributed by atoms with Crippen molar-refractivity contribution < 1.29 is 17.9 Å². The second-order valence-corrected chi connectivity index (χ2v) is 7.78. The average molecular weight is 413 g/mol. The van der Waals surface area contributed by atoms with Gasteiger partial charge in [-0.2, -0.15) is 18.3 Å².